The number of hydrogen-bond donors (Lipinski definition) is 0. The van der Waals surface area contributed by atoms with Gasteiger partial charge in [0.05, 0.1) is 25.9 Å². The zero-order valence-electron chi connectivity index (χ0n) is 14.8. The third-order valence-corrected chi connectivity index (χ3v) is 3.69. The fraction of sp³-hybridized carbons (Fsp3) is 0.824. The van der Waals surface area contributed by atoms with Crippen molar-refractivity contribution in [2.24, 2.45) is 0 Å². The Bertz CT molecular complexity index is 435. The molecule has 0 spiro atoms. The van der Waals surface area contributed by atoms with Crippen LogP contribution in [0.1, 0.15) is 47.5 Å². The van der Waals surface area contributed by atoms with E-state index in [4.69, 9.17) is 18.9 Å². The molecule has 2 aliphatic heterocycles. The second kappa shape index (κ2) is 7.20. The molecule has 6 heteroatoms. The smallest absolute Gasteiger partial charge is 0.413 e. The second-order valence-electron chi connectivity index (χ2n) is 7.36. The van der Waals surface area contributed by atoms with E-state index >= 15 is 0 Å². The average molecular weight is 327 g/mol. The van der Waals surface area contributed by atoms with E-state index in [0.717, 1.165) is 19.6 Å². The molecule has 0 aromatic rings. The van der Waals surface area contributed by atoms with Gasteiger partial charge in [0, 0.05) is 6.42 Å². The van der Waals surface area contributed by atoms with Gasteiger partial charge in [0.1, 0.15) is 11.3 Å². The Balaban J connectivity index is 1.97. The summed E-state index contributed by atoms with van der Waals surface area (Å²) in [5.41, 5.74) is -1.22. The van der Waals surface area contributed by atoms with Crippen molar-refractivity contribution < 1.29 is 23.7 Å². The van der Waals surface area contributed by atoms with Gasteiger partial charge in [-0.1, -0.05) is 12.2 Å². The summed E-state index contributed by atoms with van der Waals surface area (Å²) in [4.78, 5) is 14.1. The molecule has 2 aliphatic rings. The normalized spacial score (nSPS) is 26.0. The van der Waals surface area contributed by atoms with Crippen LogP contribution in [-0.4, -0.2) is 54.5 Å². The molecule has 2 saturated heterocycles. The van der Waals surface area contributed by atoms with Crippen LogP contribution in [0, 0.1) is 0 Å². The van der Waals surface area contributed by atoms with Gasteiger partial charge in [0.2, 0.25) is 0 Å². The summed E-state index contributed by atoms with van der Waals surface area (Å²) in [6.07, 6.45) is 5.02. The Labute approximate surface area is 138 Å². The topological polar surface area (TPSA) is 57.2 Å². The molecule has 23 heavy (non-hydrogen) atoms. The van der Waals surface area contributed by atoms with E-state index in [2.05, 4.69) is 0 Å². The van der Waals surface area contributed by atoms with Crippen LogP contribution in [0.5, 0.6) is 0 Å². The lowest BCUT2D eigenvalue weighted by Gasteiger charge is -2.34. The quantitative estimate of drug-likeness (QED) is 0.746. The largest absolute Gasteiger partial charge is 0.444 e. The van der Waals surface area contributed by atoms with Crippen molar-refractivity contribution in [1.29, 1.82) is 0 Å². The molecule has 0 aromatic carbocycles. The van der Waals surface area contributed by atoms with Gasteiger partial charge in [-0.05, 0) is 41.0 Å². The van der Waals surface area contributed by atoms with Gasteiger partial charge in [0.15, 0.2) is 6.29 Å². The summed E-state index contributed by atoms with van der Waals surface area (Å²) in [7, 11) is 0. The van der Waals surface area contributed by atoms with Gasteiger partial charge in [-0.25, -0.2) is 4.79 Å². The number of ether oxygens (including phenoxy) is 4. The summed E-state index contributed by atoms with van der Waals surface area (Å²) < 4.78 is 22.3. The van der Waals surface area contributed by atoms with Crippen LogP contribution in [0.25, 0.3) is 0 Å². The highest BCUT2D eigenvalue weighted by atomic mass is 16.7. The first kappa shape index (κ1) is 18.2. The molecule has 0 bridgehead atoms. The zero-order valence-corrected chi connectivity index (χ0v) is 14.8. The lowest BCUT2D eigenvalue weighted by atomic mass is 10.2. The molecule has 1 atom stereocenters. The SMILES string of the molecule is CC(C)(C)OC(=O)N1[C@@H](/C=C\CC2OCCCO2)COC1(C)C. The Kier molecular flexibility index (Phi) is 5.70. The third-order valence-electron chi connectivity index (χ3n) is 3.69. The van der Waals surface area contributed by atoms with Crippen molar-refractivity contribution in [1.82, 2.24) is 4.90 Å². The first-order chi connectivity index (χ1) is 10.7. The summed E-state index contributed by atoms with van der Waals surface area (Å²) in [6, 6.07) is -0.150. The predicted molar refractivity (Wildman–Crippen MR) is 86.0 cm³/mol. The fourth-order valence-corrected chi connectivity index (χ4v) is 2.66. The van der Waals surface area contributed by atoms with Crippen LogP contribution in [0.2, 0.25) is 0 Å². The van der Waals surface area contributed by atoms with Crippen LogP contribution < -0.4 is 0 Å². The number of amides is 1. The zero-order chi connectivity index (χ0) is 17.1. The van der Waals surface area contributed by atoms with E-state index in [1.165, 1.54) is 0 Å². The van der Waals surface area contributed by atoms with Crippen LogP contribution in [0.4, 0.5) is 4.79 Å². The fourth-order valence-electron chi connectivity index (χ4n) is 2.66. The Morgan fingerprint density at radius 1 is 1.30 bits per heavy atom. The molecule has 2 rings (SSSR count). The minimum atomic E-state index is -0.685. The maximum absolute atomic E-state index is 12.5. The summed E-state index contributed by atoms with van der Waals surface area (Å²) in [6.45, 7) is 11.3. The monoisotopic (exact) mass is 327 g/mol. The number of carbonyl (C=O) groups is 1. The van der Waals surface area contributed by atoms with E-state index in [1.807, 2.05) is 46.8 Å². The standard InChI is InChI=1S/C17H29NO5/c1-16(2,3)23-15(19)18-13(12-22-17(18,4)5)8-6-9-14-20-10-7-11-21-14/h6,8,13-14H,7,9-12H2,1-5H3/b8-6-/t13-/m0/s1. The lowest BCUT2D eigenvalue weighted by Crippen LogP contribution is -2.49. The molecule has 2 fully saturated rings. The van der Waals surface area contributed by atoms with Crippen molar-refractivity contribution in [3.8, 4) is 0 Å². The van der Waals surface area contributed by atoms with Crippen LogP contribution in [0.15, 0.2) is 12.2 Å². The molecule has 0 N–H and O–H groups in total. The number of carbonyl (C=O) groups excluding carboxylic acids is 1. The summed E-state index contributed by atoms with van der Waals surface area (Å²) >= 11 is 0. The van der Waals surface area contributed by atoms with Crippen LogP contribution >= 0.6 is 0 Å². The molecule has 0 aromatic heterocycles. The molecule has 0 radical (unpaired) electrons. The van der Waals surface area contributed by atoms with E-state index in [0.29, 0.717) is 13.0 Å². The molecular weight excluding hydrogens is 298 g/mol. The minimum absolute atomic E-state index is 0.150. The molecule has 2 heterocycles. The van der Waals surface area contributed by atoms with E-state index in [-0.39, 0.29) is 18.4 Å². The van der Waals surface area contributed by atoms with E-state index in [1.54, 1.807) is 4.90 Å². The second-order valence-corrected chi connectivity index (χ2v) is 7.36. The molecule has 6 nitrogen and oxygen atoms in total. The van der Waals surface area contributed by atoms with Gasteiger partial charge >= 0.3 is 6.09 Å². The number of nitrogens with zero attached hydrogens (tertiary/aromatic N) is 1. The molecule has 0 unspecified atom stereocenters. The Morgan fingerprint density at radius 2 is 1.96 bits per heavy atom. The average Bonchev–Trinajstić information content (AvgIpc) is 2.73. The summed E-state index contributed by atoms with van der Waals surface area (Å²) in [5, 5.41) is 0. The van der Waals surface area contributed by atoms with Gasteiger partial charge in [-0.2, -0.15) is 0 Å². The van der Waals surface area contributed by atoms with E-state index in [9.17, 15) is 4.79 Å². The van der Waals surface area contributed by atoms with Crippen molar-refractivity contribution in [3.05, 3.63) is 12.2 Å². The molecule has 0 aliphatic carbocycles. The van der Waals surface area contributed by atoms with Crippen molar-refractivity contribution >= 4 is 6.09 Å². The summed E-state index contributed by atoms with van der Waals surface area (Å²) in [5.74, 6) is 0. The van der Waals surface area contributed by atoms with Crippen molar-refractivity contribution in [2.45, 2.75) is 71.1 Å². The number of hydrogen-bond acceptors (Lipinski definition) is 5. The minimum Gasteiger partial charge on any atom is -0.444 e. The predicted octanol–water partition coefficient (Wildman–Crippen LogP) is 3.07. The van der Waals surface area contributed by atoms with Gasteiger partial charge in [-0.3, -0.25) is 4.90 Å². The first-order valence-electron chi connectivity index (χ1n) is 8.25. The van der Waals surface area contributed by atoms with Crippen LogP contribution in [-0.2, 0) is 18.9 Å². The third kappa shape index (κ3) is 5.19. The van der Waals surface area contributed by atoms with Crippen molar-refractivity contribution in [3.63, 3.8) is 0 Å². The highest BCUT2D eigenvalue weighted by Crippen LogP contribution is 2.30. The maximum Gasteiger partial charge on any atom is 0.413 e. The molecule has 1 amide bonds. The Morgan fingerprint density at radius 3 is 2.57 bits per heavy atom. The highest BCUT2D eigenvalue weighted by molar-refractivity contribution is 5.70. The highest BCUT2D eigenvalue weighted by Gasteiger charge is 2.44. The van der Waals surface area contributed by atoms with Gasteiger partial charge in [-0.15, -0.1) is 0 Å². The van der Waals surface area contributed by atoms with E-state index < -0.39 is 11.3 Å². The Hall–Kier alpha value is -1.11. The molecule has 0 saturated carbocycles. The maximum atomic E-state index is 12.5. The number of rotatable bonds is 3. The molecule has 132 valence electrons. The first-order valence-corrected chi connectivity index (χ1v) is 8.25. The molecular formula is C17H29NO5. The van der Waals surface area contributed by atoms with Crippen molar-refractivity contribution in [2.75, 3.05) is 19.8 Å². The van der Waals surface area contributed by atoms with Crippen LogP contribution in [0.3, 0.4) is 0 Å². The van der Waals surface area contributed by atoms with Gasteiger partial charge < -0.3 is 18.9 Å². The lowest BCUT2D eigenvalue weighted by molar-refractivity contribution is -0.175. The van der Waals surface area contributed by atoms with Gasteiger partial charge in [0.25, 0.3) is 0 Å².